The van der Waals surface area contributed by atoms with Crippen LogP contribution in [0.4, 0.5) is 0 Å². The molecule has 0 saturated carbocycles. The molecule has 13 heavy (non-hydrogen) atoms. The van der Waals surface area contributed by atoms with Crippen LogP contribution in [0.25, 0.3) is 0 Å². The van der Waals surface area contributed by atoms with Gasteiger partial charge in [-0.05, 0) is 20.8 Å². The summed E-state index contributed by atoms with van der Waals surface area (Å²) >= 11 is 0. The van der Waals surface area contributed by atoms with E-state index in [1.807, 2.05) is 13.8 Å². The van der Waals surface area contributed by atoms with Gasteiger partial charge in [0.05, 0.1) is 6.61 Å². The molecule has 0 aromatic carbocycles. The molecule has 1 rings (SSSR count). The molecular formula is C10H16O3. The van der Waals surface area contributed by atoms with Crippen LogP contribution >= 0.6 is 0 Å². The van der Waals surface area contributed by atoms with Gasteiger partial charge in [0.2, 0.25) is 0 Å². The van der Waals surface area contributed by atoms with Crippen LogP contribution in [0.1, 0.15) is 27.2 Å². The molecule has 0 aromatic rings. The Labute approximate surface area is 78.7 Å². The zero-order chi connectivity index (χ0) is 10.1. The zero-order valence-electron chi connectivity index (χ0n) is 8.42. The van der Waals surface area contributed by atoms with Gasteiger partial charge in [0.1, 0.15) is 11.7 Å². The summed E-state index contributed by atoms with van der Waals surface area (Å²) in [6.45, 7) is 9.71. The van der Waals surface area contributed by atoms with E-state index >= 15 is 0 Å². The van der Waals surface area contributed by atoms with E-state index in [0.29, 0.717) is 5.57 Å². The highest BCUT2D eigenvalue weighted by Crippen LogP contribution is 2.31. The third-order valence-corrected chi connectivity index (χ3v) is 2.52. The van der Waals surface area contributed by atoms with E-state index in [9.17, 15) is 4.79 Å². The molecule has 1 aliphatic heterocycles. The van der Waals surface area contributed by atoms with Gasteiger partial charge in [0.25, 0.3) is 0 Å². The molecule has 1 heterocycles. The Balaban J connectivity index is 2.45. The van der Waals surface area contributed by atoms with Crippen LogP contribution in [0, 0.1) is 0 Å². The topological polar surface area (TPSA) is 35.5 Å². The lowest BCUT2D eigenvalue weighted by molar-refractivity contribution is -0.204. The Morgan fingerprint density at radius 3 is 2.54 bits per heavy atom. The van der Waals surface area contributed by atoms with Crippen molar-refractivity contribution in [3.05, 3.63) is 12.2 Å². The van der Waals surface area contributed by atoms with Crippen molar-refractivity contribution in [2.45, 2.75) is 38.9 Å². The predicted octanol–water partition coefficient (Wildman–Crippen LogP) is 1.67. The van der Waals surface area contributed by atoms with Crippen molar-refractivity contribution in [3.63, 3.8) is 0 Å². The van der Waals surface area contributed by atoms with Gasteiger partial charge in [-0.15, -0.1) is 0 Å². The molecule has 0 aromatic heterocycles. The fourth-order valence-corrected chi connectivity index (χ4v) is 1.13. The second-order valence-electron chi connectivity index (χ2n) is 3.74. The van der Waals surface area contributed by atoms with E-state index in [4.69, 9.17) is 9.47 Å². The molecule has 2 atom stereocenters. The molecule has 1 saturated heterocycles. The van der Waals surface area contributed by atoms with Crippen LogP contribution in [-0.4, -0.2) is 24.3 Å². The van der Waals surface area contributed by atoms with Crippen molar-refractivity contribution >= 4 is 5.97 Å². The first-order valence-corrected chi connectivity index (χ1v) is 4.46. The van der Waals surface area contributed by atoms with Gasteiger partial charge in [0.15, 0.2) is 0 Å². The number of esters is 1. The van der Waals surface area contributed by atoms with Gasteiger partial charge in [-0.2, -0.15) is 0 Å². The minimum Gasteiger partial charge on any atom is -0.456 e. The highest BCUT2D eigenvalue weighted by Gasteiger charge is 2.41. The molecule has 0 bridgehead atoms. The van der Waals surface area contributed by atoms with Crippen molar-refractivity contribution in [1.82, 2.24) is 0 Å². The van der Waals surface area contributed by atoms with Crippen molar-refractivity contribution < 1.29 is 14.3 Å². The van der Waals surface area contributed by atoms with E-state index in [0.717, 1.165) is 13.0 Å². The molecule has 0 spiro atoms. The molecule has 3 heteroatoms. The number of carbonyl (C=O) groups is 1. The van der Waals surface area contributed by atoms with Gasteiger partial charge in [-0.1, -0.05) is 6.58 Å². The first kappa shape index (κ1) is 10.3. The Kier molecular flexibility index (Phi) is 2.76. The summed E-state index contributed by atoms with van der Waals surface area (Å²) in [7, 11) is 0. The SMILES string of the molecule is C=C(C)C(=O)OC(C)C1(C)CCO1. The molecule has 0 radical (unpaired) electrons. The average Bonchev–Trinajstić information content (AvgIpc) is 1.99. The van der Waals surface area contributed by atoms with Gasteiger partial charge in [0, 0.05) is 12.0 Å². The van der Waals surface area contributed by atoms with E-state index in [2.05, 4.69) is 6.58 Å². The number of hydrogen-bond acceptors (Lipinski definition) is 3. The molecule has 1 fully saturated rings. The van der Waals surface area contributed by atoms with Crippen LogP contribution in [0.3, 0.4) is 0 Å². The molecular weight excluding hydrogens is 168 g/mol. The number of rotatable bonds is 3. The van der Waals surface area contributed by atoms with E-state index in [1.54, 1.807) is 6.92 Å². The van der Waals surface area contributed by atoms with Gasteiger partial charge < -0.3 is 9.47 Å². The van der Waals surface area contributed by atoms with Gasteiger partial charge in [-0.3, -0.25) is 0 Å². The highest BCUT2D eigenvalue weighted by molar-refractivity contribution is 5.87. The van der Waals surface area contributed by atoms with Crippen LogP contribution in [0.5, 0.6) is 0 Å². The van der Waals surface area contributed by atoms with Crippen molar-refractivity contribution in [2.75, 3.05) is 6.61 Å². The summed E-state index contributed by atoms with van der Waals surface area (Å²) in [5.74, 6) is -0.343. The minimum absolute atomic E-state index is 0.203. The van der Waals surface area contributed by atoms with E-state index < -0.39 is 0 Å². The van der Waals surface area contributed by atoms with Crippen LogP contribution < -0.4 is 0 Å². The molecule has 0 aliphatic carbocycles. The monoisotopic (exact) mass is 184 g/mol. The summed E-state index contributed by atoms with van der Waals surface area (Å²) in [5.41, 5.74) is 0.139. The lowest BCUT2D eigenvalue weighted by Crippen LogP contribution is -2.51. The normalized spacial score (nSPS) is 28.8. The third-order valence-electron chi connectivity index (χ3n) is 2.52. The van der Waals surface area contributed by atoms with Crippen LogP contribution in [0.15, 0.2) is 12.2 Å². The predicted molar refractivity (Wildman–Crippen MR) is 49.3 cm³/mol. The second-order valence-corrected chi connectivity index (χ2v) is 3.74. The van der Waals surface area contributed by atoms with Crippen LogP contribution in [-0.2, 0) is 14.3 Å². The lowest BCUT2D eigenvalue weighted by Gasteiger charge is -2.42. The quantitative estimate of drug-likeness (QED) is 0.494. The Morgan fingerprint density at radius 2 is 2.23 bits per heavy atom. The average molecular weight is 184 g/mol. The largest absolute Gasteiger partial charge is 0.456 e. The first-order valence-electron chi connectivity index (χ1n) is 4.46. The minimum atomic E-state index is -0.343. The summed E-state index contributed by atoms with van der Waals surface area (Å²) in [5, 5.41) is 0. The standard InChI is InChI=1S/C10H16O3/c1-7(2)9(11)13-8(3)10(4)5-6-12-10/h8H,1,5-6H2,2-4H3. The molecule has 0 amide bonds. The van der Waals surface area contributed by atoms with Crippen LogP contribution in [0.2, 0.25) is 0 Å². The Morgan fingerprint density at radius 1 is 1.69 bits per heavy atom. The smallest absolute Gasteiger partial charge is 0.333 e. The van der Waals surface area contributed by atoms with Crippen molar-refractivity contribution in [1.29, 1.82) is 0 Å². The molecule has 0 N–H and O–H groups in total. The molecule has 1 aliphatic rings. The summed E-state index contributed by atoms with van der Waals surface area (Å²) in [6, 6.07) is 0. The van der Waals surface area contributed by atoms with Crippen molar-refractivity contribution in [3.8, 4) is 0 Å². The Bertz CT molecular complexity index is 228. The first-order chi connectivity index (χ1) is 5.96. The third kappa shape index (κ3) is 2.10. The molecule has 2 unspecified atom stereocenters. The fraction of sp³-hybridized carbons (Fsp3) is 0.700. The number of carbonyl (C=O) groups excluding carboxylic acids is 1. The maximum atomic E-state index is 11.2. The summed E-state index contributed by atoms with van der Waals surface area (Å²) in [6.07, 6.45) is 0.739. The number of ether oxygens (including phenoxy) is 2. The summed E-state index contributed by atoms with van der Waals surface area (Å²) in [4.78, 5) is 11.2. The van der Waals surface area contributed by atoms with Gasteiger partial charge in [-0.25, -0.2) is 4.79 Å². The lowest BCUT2D eigenvalue weighted by atomic mass is 9.91. The van der Waals surface area contributed by atoms with Crippen molar-refractivity contribution in [2.24, 2.45) is 0 Å². The maximum absolute atomic E-state index is 11.2. The van der Waals surface area contributed by atoms with E-state index in [-0.39, 0.29) is 17.7 Å². The van der Waals surface area contributed by atoms with Gasteiger partial charge >= 0.3 is 5.97 Å². The second kappa shape index (κ2) is 3.50. The summed E-state index contributed by atoms with van der Waals surface area (Å²) < 4.78 is 10.5. The molecule has 3 nitrogen and oxygen atoms in total. The highest BCUT2D eigenvalue weighted by atomic mass is 16.6. The maximum Gasteiger partial charge on any atom is 0.333 e. The Hall–Kier alpha value is -0.830. The van der Waals surface area contributed by atoms with E-state index in [1.165, 1.54) is 0 Å². The fourth-order valence-electron chi connectivity index (χ4n) is 1.13. The molecule has 74 valence electrons. The number of hydrogen-bond donors (Lipinski definition) is 0. The zero-order valence-corrected chi connectivity index (χ0v) is 8.42.